The highest BCUT2D eigenvalue weighted by atomic mass is 14.9. The minimum absolute atomic E-state index is 0.917. The topological polar surface area (TPSA) is 28.7 Å². The van der Waals surface area contributed by atoms with Gasteiger partial charge in [0.25, 0.3) is 0 Å². The lowest BCUT2D eigenvalue weighted by atomic mass is 9.98. The molecule has 0 aliphatic carbocycles. The summed E-state index contributed by atoms with van der Waals surface area (Å²) in [6, 6.07) is 14.6. The van der Waals surface area contributed by atoms with Crippen molar-refractivity contribution in [3.63, 3.8) is 0 Å². The summed E-state index contributed by atoms with van der Waals surface area (Å²) in [5, 5.41) is 0. The summed E-state index contributed by atoms with van der Waals surface area (Å²) in [4.78, 5) is 7.95. The second-order valence-electron chi connectivity index (χ2n) is 5.29. The van der Waals surface area contributed by atoms with E-state index in [2.05, 4.69) is 55.0 Å². The van der Waals surface area contributed by atoms with Crippen LogP contribution in [0.25, 0.3) is 22.6 Å². The molecule has 0 atom stereocenters. The highest BCUT2D eigenvalue weighted by Crippen LogP contribution is 2.28. The third kappa shape index (κ3) is 2.25. The van der Waals surface area contributed by atoms with Gasteiger partial charge < -0.3 is 4.98 Å². The van der Waals surface area contributed by atoms with Gasteiger partial charge in [-0.15, -0.1) is 0 Å². The maximum absolute atomic E-state index is 4.51. The summed E-state index contributed by atoms with van der Waals surface area (Å²) in [6.45, 7) is 6.43. The van der Waals surface area contributed by atoms with E-state index in [0.717, 1.165) is 17.1 Å². The number of aryl methyl sites for hydroxylation is 3. The fraction of sp³-hybridized carbons (Fsp3) is 0.167. The standard InChI is InChI=1S/C18H18N2/c1-12-9-13(2)17(14(3)10-12)16-11-19-18(20-16)15-7-5-4-6-8-15/h4-11H,1-3H3,(H,19,20). The number of benzene rings is 2. The molecule has 0 fully saturated rings. The maximum atomic E-state index is 4.51. The molecular weight excluding hydrogens is 244 g/mol. The first-order valence-electron chi connectivity index (χ1n) is 6.84. The maximum Gasteiger partial charge on any atom is 0.137 e. The molecule has 0 bridgehead atoms. The number of rotatable bonds is 2. The zero-order valence-corrected chi connectivity index (χ0v) is 12.1. The summed E-state index contributed by atoms with van der Waals surface area (Å²) < 4.78 is 0. The molecule has 100 valence electrons. The second-order valence-corrected chi connectivity index (χ2v) is 5.29. The summed E-state index contributed by atoms with van der Waals surface area (Å²) in [5.41, 5.74) is 7.31. The number of aromatic nitrogens is 2. The molecule has 0 saturated heterocycles. The molecule has 0 aliphatic heterocycles. The van der Waals surface area contributed by atoms with E-state index in [1.165, 1.54) is 22.3 Å². The first-order chi connectivity index (χ1) is 9.65. The molecule has 0 spiro atoms. The van der Waals surface area contributed by atoms with Crippen LogP contribution in [-0.2, 0) is 0 Å². The minimum atomic E-state index is 0.917. The molecule has 3 rings (SSSR count). The molecule has 1 aromatic heterocycles. The van der Waals surface area contributed by atoms with Crippen molar-refractivity contribution < 1.29 is 0 Å². The fourth-order valence-electron chi connectivity index (χ4n) is 2.80. The van der Waals surface area contributed by atoms with E-state index >= 15 is 0 Å². The number of aromatic amines is 1. The largest absolute Gasteiger partial charge is 0.338 e. The van der Waals surface area contributed by atoms with Crippen LogP contribution in [0.15, 0.2) is 48.7 Å². The SMILES string of the molecule is Cc1cc(C)c(-c2cnc(-c3ccccc3)[nH]2)c(C)c1. The summed E-state index contributed by atoms with van der Waals surface area (Å²) in [6.07, 6.45) is 1.92. The Balaban J connectivity index is 2.07. The van der Waals surface area contributed by atoms with Gasteiger partial charge in [0.05, 0.1) is 11.9 Å². The Morgan fingerprint density at radius 2 is 1.55 bits per heavy atom. The number of hydrogen-bond donors (Lipinski definition) is 1. The van der Waals surface area contributed by atoms with Crippen molar-refractivity contribution in [1.29, 1.82) is 0 Å². The van der Waals surface area contributed by atoms with Gasteiger partial charge in [-0.25, -0.2) is 4.98 Å². The van der Waals surface area contributed by atoms with Crippen LogP contribution in [0.4, 0.5) is 0 Å². The van der Waals surface area contributed by atoms with Crippen molar-refractivity contribution in [2.75, 3.05) is 0 Å². The molecule has 0 radical (unpaired) electrons. The van der Waals surface area contributed by atoms with Gasteiger partial charge in [0.1, 0.15) is 5.82 Å². The van der Waals surface area contributed by atoms with Gasteiger partial charge in [0.2, 0.25) is 0 Å². The van der Waals surface area contributed by atoms with Crippen LogP contribution in [0.2, 0.25) is 0 Å². The molecule has 2 nitrogen and oxygen atoms in total. The highest BCUT2D eigenvalue weighted by molar-refractivity contribution is 5.70. The normalized spacial score (nSPS) is 10.8. The molecule has 3 aromatic rings. The van der Waals surface area contributed by atoms with Crippen LogP contribution in [0.5, 0.6) is 0 Å². The van der Waals surface area contributed by atoms with Crippen LogP contribution in [-0.4, -0.2) is 9.97 Å². The van der Waals surface area contributed by atoms with Crippen molar-refractivity contribution >= 4 is 0 Å². The molecule has 1 N–H and O–H groups in total. The van der Waals surface area contributed by atoms with Gasteiger partial charge in [-0.3, -0.25) is 0 Å². The Bertz CT molecular complexity index is 716. The second kappa shape index (κ2) is 4.97. The van der Waals surface area contributed by atoms with Crippen LogP contribution in [0.3, 0.4) is 0 Å². The van der Waals surface area contributed by atoms with E-state index in [9.17, 15) is 0 Å². The van der Waals surface area contributed by atoms with E-state index < -0.39 is 0 Å². The molecule has 0 aliphatic rings. The van der Waals surface area contributed by atoms with Gasteiger partial charge >= 0.3 is 0 Å². The van der Waals surface area contributed by atoms with Gasteiger partial charge in [-0.2, -0.15) is 0 Å². The molecule has 0 saturated carbocycles. The Morgan fingerprint density at radius 1 is 0.900 bits per heavy atom. The number of nitrogens with zero attached hydrogens (tertiary/aromatic N) is 1. The Labute approximate surface area is 119 Å². The monoisotopic (exact) mass is 262 g/mol. The summed E-state index contributed by atoms with van der Waals surface area (Å²) in [5.74, 6) is 0.917. The van der Waals surface area contributed by atoms with Crippen molar-refractivity contribution in [1.82, 2.24) is 9.97 Å². The fourth-order valence-corrected chi connectivity index (χ4v) is 2.80. The van der Waals surface area contributed by atoms with Crippen LogP contribution < -0.4 is 0 Å². The van der Waals surface area contributed by atoms with Gasteiger partial charge in [0, 0.05) is 11.1 Å². The number of H-pyrrole nitrogens is 1. The number of imidazole rings is 1. The molecule has 20 heavy (non-hydrogen) atoms. The molecule has 2 aromatic carbocycles. The predicted octanol–water partition coefficient (Wildman–Crippen LogP) is 4.67. The van der Waals surface area contributed by atoms with E-state index in [0.29, 0.717) is 0 Å². The van der Waals surface area contributed by atoms with E-state index in [1.54, 1.807) is 0 Å². The Hall–Kier alpha value is -2.35. The lowest BCUT2D eigenvalue weighted by molar-refractivity contribution is 1.28. The highest BCUT2D eigenvalue weighted by Gasteiger charge is 2.10. The average Bonchev–Trinajstić information content (AvgIpc) is 2.88. The zero-order valence-electron chi connectivity index (χ0n) is 12.1. The Morgan fingerprint density at radius 3 is 2.20 bits per heavy atom. The van der Waals surface area contributed by atoms with Crippen molar-refractivity contribution in [3.05, 3.63) is 65.4 Å². The number of nitrogens with one attached hydrogen (secondary N) is 1. The van der Waals surface area contributed by atoms with Crippen LogP contribution in [0.1, 0.15) is 16.7 Å². The first kappa shape index (κ1) is 12.7. The minimum Gasteiger partial charge on any atom is -0.338 e. The van der Waals surface area contributed by atoms with Crippen molar-refractivity contribution in [3.8, 4) is 22.6 Å². The van der Waals surface area contributed by atoms with Gasteiger partial charge in [0.15, 0.2) is 0 Å². The van der Waals surface area contributed by atoms with Gasteiger partial charge in [-0.1, -0.05) is 48.0 Å². The van der Waals surface area contributed by atoms with Crippen LogP contribution in [0, 0.1) is 20.8 Å². The summed E-state index contributed by atoms with van der Waals surface area (Å²) in [7, 11) is 0. The van der Waals surface area contributed by atoms with Crippen LogP contribution >= 0.6 is 0 Å². The lowest BCUT2D eigenvalue weighted by Crippen LogP contribution is -1.90. The van der Waals surface area contributed by atoms with E-state index in [-0.39, 0.29) is 0 Å². The Kier molecular flexibility index (Phi) is 3.15. The van der Waals surface area contributed by atoms with E-state index in [4.69, 9.17) is 0 Å². The quantitative estimate of drug-likeness (QED) is 0.714. The summed E-state index contributed by atoms with van der Waals surface area (Å²) >= 11 is 0. The molecule has 2 heteroatoms. The third-order valence-corrected chi connectivity index (χ3v) is 3.57. The molecular formula is C18H18N2. The molecule has 0 amide bonds. The number of hydrogen-bond acceptors (Lipinski definition) is 1. The zero-order chi connectivity index (χ0) is 14.1. The van der Waals surface area contributed by atoms with E-state index in [1.807, 2.05) is 24.4 Å². The van der Waals surface area contributed by atoms with Crippen molar-refractivity contribution in [2.45, 2.75) is 20.8 Å². The molecule has 0 unspecified atom stereocenters. The lowest BCUT2D eigenvalue weighted by Gasteiger charge is -2.09. The first-order valence-corrected chi connectivity index (χ1v) is 6.84. The molecule has 1 heterocycles. The predicted molar refractivity (Wildman–Crippen MR) is 83.7 cm³/mol. The third-order valence-electron chi connectivity index (χ3n) is 3.57. The smallest absolute Gasteiger partial charge is 0.137 e. The van der Waals surface area contributed by atoms with Crippen molar-refractivity contribution in [2.24, 2.45) is 0 Å². The van der Waals surface area contributed by atoms with Gasteiger partial charge in [-0.05, 0) is 31.9 Å². The average molecular weight is 262 g/mol.